The molecule has 0 saturated carbocycles. The molecule has 1 aromatic carbocycles. The van der Waals surface area contributed by atoms with Crippen molar-refractivity contribution in [2.24, 2.45) is 5.41 Å². The van der Waals surface area contributed by atoms with Gasteiger partial charge in [-0.1, -0.05) is 30.3 Å². The number of hydrogen-bond acceptors (Lipinski definition) is 4. The average Bonchev–Trinajstić information content (AvgIpc) is 2.85. The maximum absolute atomic E-state index is 13.3. The summed E-state index contributed by atoms with van der Waals surface area (Å²) in [6, 6.07) is 15.7. The zero-order chi connectivity index (χ0) is 22.4. The molecule has 3 aromatic rings. The van der Waals surface area contributed by atoms with Crippen LogP contribution in [0.2, 0.25) is 0 Å². The van der Waals surface area contributed by atoms with E-state index in [0.29, 0.717) is 31.6 Å². The van der Waals surface area contributed by atoms with Gasteiger partial charge in [0.1, 0.15) is 0 Å². The monoisotopic (exact) mass is 428 g/mol. The first kappa shape index (κ1) is 21.7. The minimum absolute atomic E-state index is 0.00969. The molecule has 4 rings (SSSR count). The average molecular weight is 429 g/mol. The van der Waals surface area contributed by atoms with E-state index in [0.717, 1.165) is 29.5 Å². The predicted molar refractivity (Wildman–Crippen MR) is 124 cm³/mol. The summed E-state index contributed by atoms with van der Waals surface area (Å²) in [5.41, 5.74) is 3.07. The van der Waals surface area contributed by atoms with Crippen LogP contribution in [0.5, 0.6) is 0 Å². The molecule has 1 aliphatic rings. The summed E-state index contributed by atoms with van der Waals surface area (Å²) in [7, 11) is 0. The van der Waals surface area contributed by atoms with Crippen molar-refractivity contribution in [3.8, 4) is 11.1 Å². The highest BCUT2D eigenvalue weighted by atomic mass is 16.2. The lowest BCUT2D eigenvalue weighted by molar-refractivity contribution is -0.133. The van der Waals surface area contributed by atoms with Gasteiger partial charge in [-0.15, -0.1) is 0 Å². The molecule has 1 fully saturated rings. The number of hydrogen-bond donors (Lipinski definition) is 1. The molecule has 0 radical (unpaired) electrons. The Morgan fingerprint density at radius 1 is 1.03 bits per heavy atom. The lowest BCUT2D eigenvalue weighted by Crippen LogP contribution is -2.54. The number of rotatable bonds is 6. The number of likely N-dealkylation sites (tertiary alicyclic amines) is 1. The van der Waals surface area contributed by atoms with Crippen molar-refractivity contribution in [2.45, 2.75) is 26.2 Å². The van der Waals surface area contributed by atoms with Gasteiger partial charge in [-0.3, -0.25) is 19.6 Å². The fourth-order valence-corrected chi connectivity index (χ4v) is 4.52. The van der Waals surface area contributed by atoms with Crippen LogP contribution in [0.25, 0.3) is 11.1 Å². The number of aromatic nitrogens is 2. The van der Waals surface area contributed by atoms with E-state index < -0.39 is 5.41 Å². The van der Waals surface area contributed by atoms with E-state index in [4.69, 9.17) is 0 Å². The molecule has 2 amide bonds. The molecule has 1 atom stereocenters. The summed E-state index contributed by atoms with van der Waals surface area (Å²) in [6.45, 7) is 3.52. The van der Waals surface area contributed by atoms with E-state index in [-0.39, 0.29) is 11.8 Å². The van der Waals surface area contributed by atoms with Crippen molar-refractivity contribution < 1.29 is 9.59 Å². The van der Waals surface area contributed by atoms with Gasteiger partial charge in [-0.25, -0.2) is 0 Å². The summed E-state index contributed by atoms with van der Waals surface area (Å²) in [6.07, 6.45) is 8.94. The maximum Gasteiger partial charge on any atom is 0.255 e. The van der Waals surface area contributed by atoms with Crippen LogP contribution in [0.1, 0.15) is 35.7 Å². The van der Waals surface area contributed by atoms with Crippen molar-refractivity contribution in [1.82, 2.24) is 20.2 Å². The Morgan fingerprint density at radius 3 is 2.53 bits per heavy atom. The van der Waals surface area contributed by atoms with Crippen LogP contribution in [-0.4, -0.2) is 46.3 Å². The number of benzene rings is 1. The van der Waals surface area contributed by atoms with E-state index in [2.05, 4.69) is 33.5 Å². The van der Waals surface area contributed by atoms with Crippen LogP contribution in [0.4, 0.5) is 0 Å². The summed E-state index contributed by atoms with van der Waals surface area (Å²) < 4.78 is 0. The van der Waals surface area contributed by atoms with Crippen molar-refractivity contribution in [1.29, 1.82) is 0 Å². The molecule has 164 valence electrons. The van der Waals surface area contributed by atoms with Crippen molar-refractivity contribution in [3.63, 3.8) is 0 Å². The first-order valence-electron chi connectivity index (χ1n) is 11.1. The largest absolute Gasteiger partial charge is 0.356 e. The fraction of sp³-hybridized carbons (Fsp3) is 0.308. The Bertz CT molecular complexity index is 1070. The first-order valence-corrected chi connectivity index (χ1v) is 11.1. The van der Waals surface area contributed by atoms with Gasteiger partial charge in [-0.05, 0) is 61.1 Å². The molecular weight excluding hydrogens is 400 g/mol. The van der Waals surface area contributed by atoms with Gasteiger partial charge in [0.05, 0.1) is 11.0 Å². The minimum Gasteiger partial charge on any atom is -0.356 e. The van der Waals surface area contributed by atoms with Crippen molar-refractivity contribution >= 4 is 11.8 Å². The first-order chi connectivity index (χ1) is 15.6. The SMILES string of the molecule is CCNC(=O)[C@]1(Cc2cccc(-c3cccnc3)c2)CCCN(C(=O)c2cccnc2)C1. The molecule has 1 aliphatic heterocycles. The third-order valence-corrected chi connectivity index (χ3v) is 6.06. The molecule has 6 heteroatoms. The number of piperidine rings is 1. The van der Waals surface area contributed by atoms with Crippen LogP contribution in [0, 0.1) is 5.41 Å². The lowest BCUT2D eigenvalue weighted by atomic mass is 9.74. The van der Waals surface area contributed by atoms with Gasteiger partial charge in [0.2, 0.25) is 5.91 Å². The van der Waals surface area contributed by atoms with Gasteiger partial charge in [0.15, 0.2) is 0 Å². The Kier molecular flexibility index (Phi) is 6.59. The van der Waals surface area contributed by atoms with Gasteiger partial charge in [0, 0.05) is 44.4 Å². The summed E-state index contributed by atoms with van der Waals surface area (Å²) in [4.78, 5) is 36.5. The Morgan fingerprint density at radius 2 is 1.81 bits per heavy atom. The van der Waals surface area contributed by atoms with Crippen molar-refractivity contribution in [2.75, 3.05) is 19.6 Å². The van der Waals surface area contributed by atoms with E-state index in [1.165, 1.54) is 0 Å². The van der Waals surface area contributed by atoms with Crippen molar-refractivity contribution in [3.05, 3.63) is 84.4 Å². The Hall–Kier alpha value is -3.54. The zero-order valence-electron chi connectivity index (χ0n) is 18.3. The second-order valence-corrected chi connectivity index (χ2v) is 8.33. The maximum atomic E-state index is 13.3. The number of amides is 2. The quantitative estimate of drug-likeness (QED) is 0.649. The smallest absolute Gasteiger partial charge is 0.255 e. The Labute approximate surface area is 188 Å². The molecule has 2 aromatic heterocycles. The topological polar surface area (TPSA) is 75.2 Å². The number of carbonyl (C=O) groups excluding carboxylic acids is 2. The standard InChI is InChI=1S/C26H28N4O2/c1-2-29-25(32)26(11-6-14-30(19-26)24(31)23-10-5-13-28-18-23)16-20-7-3-8-21(15-20)22-9-4-12-27-17-22/h3-5,7-10,12-13,15,17-18H,2,6,11,14,16,19H2,1H3,(H,29,32)/t26-/m0/s1. The number of nitrogens with one attached hydrogen (secondary N) is 1. The minimum atomic E-state index is -0.667. The molecule has 0 unspecified atom stereocenters. The van der Waals surface area contributed by atoms with Gasteiger partial charge in [-0.2, -0.15) is 0 Å². The second kappa shape index (κ2) is 9.73. The second-order valence-electron chi connectivity index (χ2n) is 8.33. The normalized spacial score (nSPS) is 18.2. The van der Waals surface area contributed by atoms with Gasteiger partial charge >= 0.3 is 0 Å². The predicted octanol–water partition coefficient (Wildman–Crippen LogP) is 3.74. The Balaban J connectivity index is 1.62. The highest BCUT2D eigenvalue weighted by Crippen LogP contribution is 2.35. The van der Waals surface area contributed by atoms with Gasteiger partial charge in [0.25, 0.3) is 5.91 Å². The molecular formula is C26H28N4O2. The highest BCUT2D eigenvalue weighted by Gasteiger charge is 2.43. The molecule has 0 aliphatic carbocycles. The van der Waals surface area contributed by atoms with E-state index in [9.17, 15) is 9.59 Å². The molecule has 6 nitrogen and oxygen atoms in total. The summed E-state index contributed by atoms with van der Waals surface area (Å²) >= 11 is 0. The third kappa shape index (κ3) is 4.69. The van der Waals surface area contributed by atoms with Crippen LogP contribution in [0.3, 0.4) is 0 Å². The van der Waals surface area contributed by atoms with E-state index >= 15 is 0 Å². The number of carbonyl (C=O) groups is 2. The molecule has 0 spiro atoms. The summed E-state index contributed by atoms with van der Waals surface area (Å²) in [5, 5.41) is 3.02. The zero-order valence-corrected chi connectivity index (χ0v) is 18.3. The van der Waals surface area contributed by atoms with Crippen LogP contribution in [-0.2, 0) is 11.2 Å². The van der Waals surface area contributed by atoms with Crippen LogP contribution >= 0.6 is 0 Å². The number of pyridine rings is 2. The molecule has 3 heterocycles. The molecule has 32 heavy (non-hydrogen) atoms. The van der Waals surface area contributed by atoms with E-state index in [1.54, 1.807) is 35.6 Å². The fourth-order valence-electron chi connectivity index (χ4n) is 4.52. The lowest BCUT2D eigenvalue weighted by Gasteiger charge is -2.42. The number of nitrogens with zero attached hydrogens (tertiary/aromatic N) is 3. The van der Waals surface area contributed by atoms with Crippen LogP contribution in [0.15, 0.2) is 73.3 Å². The molecule has 1 saturated heterocycles. The summed E-state index contributed by atoms with van der Waals surface area (Å²) in [5.74, 6) is -0.0638. The molecule has 0 bridgehead atoms. The third-order valence-electron chi connectivity index (χ3n) is 6.06. The van der Waals surface area contributed by atoms with Gasteiger partial charge < -0.3 is 10.2 Å². The highest BCUT2D eigenvalue weighted by molar-refractivity contribution is 5.94. The molecule has 1 N–H and O–H groups in total. The van der Waals surface area contributed by atoms with E-state index in [1.807, 2.05) is 31.3 Å². The van der Waals surface area contributed by atoms with Crippen LogP contribution < -0.4 is 5.32 Å².